The monoisotopic (exact) mass is 253 g/mol. The fourth-order valence-electron chi connectivity index (χ4n) is 1.37. The van der Waals surface area contributed by atoms with Gasteiger partial charge < -0.3 is 10.4 Å². The average Bonchev–Trinajstić information content (AvgIpc) is 2.31. The van der Waals surface area contributed by atoms with E-state index in [-0.39, 0.29) is 0 Å². The summed E-state index contributed by atoms with van der Waals surface area (Å²) in [6.45, 7) is 4.61. The number of carboxylic acids is 1. The highest BCUT2D eigenvalue weighted by Crippen LogP contribution is 2.17. The van der Waals surface area contributed by atoms with Gasteiger partial charge in [-0.15, -0.1) is 0 Å². The Kier molecular flexibility index (Phi) is 4.42. The number of benzene rings is 1. The van der Waals surface area contributed by atoms with E-state index in [1.807, 2.05) is 0 Å². The molecule has 0 saturated heterocycles. The Hall–Kier alpha value is -1.91. The molecular formula is C13H16FNO3. The Bertz CT molecular complexity index is 473. The van der Waals surface area contributed by atoms with E-state index < -0.39 is 29.5 Å². The molecule has 0 aliphatic rings. The summed E-state index contributed by atoms with van der Waals surface area (Å²) < 4.78 is 13.3. The summed E-state index contributed by atoms with van der Waals surface area (Å²) in [4.78, 5) is 22.5. The number of amides is 1. The van der Waals surface area contributed by atoms with Crippen molar-refractivity contribution in [3.8, 4) is 0 Å². The number of carbonyl (C=O) groups is 2. The summed E-state index contributed by atoms with van der Waals surface area (Å²) in [5.41, 5.74) is 0.812. The molecule has 0 radical (unpaired) electrons. The normalized spacial score (nSPS) is 13.8. The van der Waals surface area contributed by atoms with E-state index in [2.05, 4.69) is 5.32 Å². The summed E-state index contributed by atoms with van der Waals surface area (Å²) in [5.74, 6) is -3.36. The van der Waals surface area contributed by atoms with Crippen molar-refractivity contribution in [3.63, 3.8) is 0 Å². The molecule has 2 atom stereocenters. The Morgan fingerprint density at radius 2 is 1.89 bits per heavy atom. The van der Waals surface area contributed by atoms with Gasteiger partial charge in [-0.1, -0.05) is 19.9 Å². The van der Waals surface area contributed by atoms with E-state index in [0.717, 1.165) is 0 Å². The molecule has 0 aromatic heterocycles. The molecule has 1 aromatic rings. The topological polar surface area (TPSA) is 66.4 Å². The van der Waals surface area contributed by atoms with Crippen LogP contribution in [0.15, 0.2) is 18.2 Å². The van der Waals surface area contributed by atoms with Gasteiger partial charge in [-0.25, -0.2) is 4.39 Å². The maximum Gasteiger partial charge on any atom is 0.307 e. The molecular weight excluding hydrogens is 237 g/mol. The smallest absolute Gasteiger partial charge is 0.307 e. The maximum absolute atomic E-state index is 13.3. The molecule has 98 valence electrons. The highest BCUT2D eigenvalue weighted by atomic mass is 19.1. The van der Waals surface area contributed by atoms with Crippen molar-refractivity contribution < 1.29 is 19.1 Å². The van der Waals surface area contributed by atoms with Crippen LogP contribution in [-0.2, 0) is 9.59 Å². The van der Waals surface area contributed by atoms with Gasteiger partial charge in [0.1, 0.15) is 5.82 Å². The minimum Gasteiger partial charge on any atom is -0.481 e. The first-order valence-corrected chi connectivity index (χ1v) is 5.62. The van der Waals surface area contributed by atoms with E-state index in [4.69, 9.17) is 5.11 Å². The predicted octanol–water partition coefficient (Wildman–Crippen LogP) is 2.43. The van der Waals surface area contributed by atoms with Gasteiger partial charge in [0.15, 0.2) is 0 Å². The molecule has 0 aliphatic carbocycles. The highest BCUT2D eigenvalue weighted by Gasteiger charge is 2.25. The molecule has 0 heterocycles. The van der Waals surface area contributed by atoms with Crippen LogP contribution in [0.4, 0.5) is 10.1 Å². The average molecular weight is 253 g/mol. The second kappa shape index (κ2) is 5.62. The molecule has 1 rings (SSSR count). The third-order valence-corrected chi connectivity index (χ3v) is 2.99. The zero-order chi connectivity index (χ0) is 13.9. The number of aryl methyl sites for hydroxylation is 1. The second-order valence-electron chi connectivity index (χ2n) is 4.37. The van der Waals surface area contributed by atoms with Crippen LogP contribution >= 0.6 is 0 Å². The first-order chi connectivity index (χ1) is 8.32. The van der Waals surface area contributed by atoms with Gasteiger partial charge in [0, 0.05) is 11.6 Å². The quantitative estimate of drug-likeness (QED) is 0.866. The molecule has 2 N–H and O–H groups in total. The van der Waals surface area contributed by atoms with Gasteiger partial charge in [0.25, 0.3) is 0 Å². The fourth-order valence-corrected chi connectivity index (χ4v) is 1.37. The summed E-state index contributed by atoms with van der Waals surface area (Å²) >= 11 is 0. The third-order valence-electron chi connectivity index (χ3n) is 2.99. The van der Waals surface area contributed by atoms with Gasteiger partial charge >= 0.3 is 5.97 Å². The molecule has 5 heteroatoms. The van der Waals surface area contributed by atoms with Gasteiger partial charge in [-0.2, -0.15) is 0 Å². The molecule has 2 unspecified atom stereocenters. The van der Waals surface area contributed by atoms with Crippen LogP contribution < -0.4 is 5.32 Å². The number of halogens is 1. The molecule has 18 heavy (non-hydrogen) atoms. The van der Waals surface area contributed by atoms with Crippen LogP contribution in [0.2, 0.25) is 0 Å². The SMILES string of the molecule is Cc1ccc(NC(=O)C(C)C(C)C(=O)O)cc1F. The lowest BCUT2D eigenvalue weighted by Gasteiger charge is -2.15. The first-order valence-electron chi connectivity index (χ1n) is 5.62. The first kappa shape index (κ1) is 14.2. The minimum absolute atomic E-state index is 0.326. The second-order valence-corrected chi connectivity index (χ2v) is 4.37. The molecule has 1 amide bonds. The van der Waals surface area contributed by atoms with E-state index in [1.165, 1.54) is 19.9 Å². The summed E-state index contributed by atoms with van der Waals surface area (Å²) in [6, 6.07) is 4.34. The lowest BCUT2D eigenvalue weighted by Crippen LogP contribution is -2.30. The van der Waals surface area contributed by atoms with Gasteiger partial charge in [-0.05, 0) is 24.6 Å². The lowest BCUT2D eigenvalue weighted by atomic mass is 9.95. The molecule has 0 spiro atoms. The van der Waals surface area contributed by atoms with Crippen molar-refractivity contribution in [2.24, 2.45) is 11.8 Å². The van der Waals surface area contributed by atoms with Gasteiger partial charge in [0.2, 0.25) is 5.91 Å². The Morgan fingerprint density at radius 1 is 1.28 bits per heavy atom. The third kappa shape index (κ3) is 3.29. The predicted molar refractivity (Wildman–Crippen MR) is 65.7 cm³/mol. The van der Waals surface area contributed by atoms with Crippen LogP contribution in [0, 0.1) is 24.6 Å². The Balaban J connectivity index is 2.75. The van der Waals surface area contributed by atoms with Crippen molar-refractivity contribution in [3.05, 3.63) is 29.6 Å². The number of carboxylic acid groups (broad SMARTS) is 1. The largest absolute Gasteiger partial charge is 0.481 e. The van der Waals surface area contributed by atoms with Crippen molar-refractivity contribution in [1.82, 2.24) is 0 Å². The fraction of sp³-hybridized carbons (Fsp3) is 0.385. The van der Waals surface area contributed by atoms with E-state index in [0.29, 0.717) is 11.3 Å². The number of hydrogen-bond donors (Lipinski definition) is 2. The molecule has 0 fully saturated rings. The molecule has 4 nitrogen and oxygen atoms in total. The van der Waals surface area contributed by atoms with Crippen LogP contribution in [0.3, 0.4) is 0 Å². The van der Waals surface area contributed by atoms with Crippen molar-refractivity contribution in [2.75, 3.05) is 5.32 Å². The summed E-state index contributed by atoms with van der Waals surface area (Å²) in [5, 5.41) is 11.3. The van der Waals surface area contributed by atoms with Crippen LogP contribution in [0.1, 0.15) is 19.4 Å². The van der Waals surface area contributed by atoms with Crippen molar-refractivity contribution >= 4 is 17.6 Å². The minimum atomic E-state index is -1.03. The van der Waals surface area contributed by atoms with Crippen LogP contribution in [0.5, 0.6) is 0 Å². The molecule has 1 aromatic carbocycles. The number of nitrogens with one attached hydrogen (secondary N) is 1. The number of aliphatic carboxylic acids is 1. The highest BCUT2D eigenvalue weighted by molar-refractivity contribution is 5.94. The number of carbonyl (C=O) groups excluding carboxylic acids is 1. The summed E-state index contributed by atoms with van der Waals surface area (Å²) in [6.07, 6.45) is 0. The Morgan fingerprint density at radius 3 is 2.39 bits per heavy atom. The number of rotatable bonds is 4. The van der Waals surface area contributed by atoms with Crippen LogP contribution in [0.25, 0.3) is 0 Å². The van der Waals surface area contributed by atoms with Crippen LogP contribution in [-0.4, -0.2) is 17.0 Å². The van der Waals surface area contributed by atoms with E-state index in [9.17, 15) is 14.0 Å². The van der Waals surface area contributed by atoms with Crippen molar-refractivity contribution in [2.45, 2.75) is 20.8 Å². The molecule has 0 bridgehead atoms. The zero-order valence-electron chi connectivity index (χ0n) is 10.5. The van der Waals surface area contributed by atoms with E-state index >= 15 is 0 Å². The number of hydrogen-bond acceptors (Lipinski definition) is 2. The number of anilines is 1. The molecule has 0 saturated carbocycles. The molecule has 0 aliphatic heterocycles. The Labute approximate surface area is 105 Å². The van der Waals surface area contributed by atoms with Crippen molar-refractivity contribution in [1.29, 1.82) is 0 Å². The summed E-state index contributed by atoms with van der Waals surface area (Å²) in [7, 11) is 0. The van der Waals surface area contributed by atoms with Gasteiger partial charge in [-0.3, -0.25) is 9.59 Å². The van der Waals surface area contributed by atoms with E-state index in [1.54, 1.807) is 19.1 Å². The zero-order valence-corrected chi connectivity index (χ0v) is 10.5. The standard InChI is InChI=1S/C13H16FNO3/c1-7-4-5-10(6-11(7)14)15-12(16)8(2)9(3)13(17)18/h4-6,8-9H,1-3H3,(H,15,16)(H,17,18). The maximum atomic E-state index is 13.3. The van der Waals surface area contributed by atoms with Gasteiger partial charge in [0.05, 0.1) is 5.92 Å². The lowest BCUT2D eigenvalue weighted by molar-refractivity contribution is -0.145.